The lowest BCUT2D eigenvalue weighted by molar-refractivity contribution is 0.0246. The number of nitrogens with zero attached hydrogens (tertiary/aromatic N) is 2. The first-order valence-electron chi connectivity index (χ1n) is 7.81. The van der Waals surface area contributed by atoms with Crippen LogP contribution in [-0.2, 0) is 4.74 Å². The molecule has 0 aliphatic carbocycles. The molecule has 0 amide bonds. The molecule has 1 heterocycles. The highest BCUT2D eigenvalue weighted by molar-refractivity contribution is 5.91. The minimum atomic E-state index is -0.278. The summed E-state index contributed by atoms with van der Waals surface area (Å²) in [4.78, 5) is 12.1. The van der Waals surface area contributed by atoms with Gasteiger partial charge in [0.15, 0.2) is 0 Å². The number of methoxy groups -OCH3 is 1. The van der Waals surface area contributed by atoms with Gasteiger partial charge in [0.1, 0.15) is 0 Å². The molecule has 2 aromatic rings. The van der Waals surface area contributed by atoms with Gasteiger partial charge in [0.05, 0.1) is 24.8 Å². The van der Waals surface area contributed by atoms with E-state index in [9.17, 15) is 4.79 Å². The highest BCUT2D eigenvalue weighted by Gasteiger charge is 2.37. The van der Waals surface area contributed by atoms with Crippen molar-refractivity contribution >= 4 is 5.97 Å². The van der Waals surface area contributed by atoms with Crippen molar-refractivity contribution in [2.24, 2.45) is 0 Å². The summed E-state index contributed by atoms with van der Waals surface area (Å²) in [5, 5.41) is 4.45. The van der Waals surface area contributed by atoms with E-state index in [0.29, 0.717) is 11.6 Å². The fraction of sp³-hybridized carbons (Fsp3) is 0.316. The maximum Gasteiger partial charge on any atom is 0.338 e. The van der Waals surface area contributed by atoms with Gasteiger partial charge in [-0.3, -0.25) is 0 Å². The Hall–Kier alpha value is -2.17. The van der Waals surface area contributed by atoms with Gasteiger partial charge in [-0.25, -0.2) is 14.8 Å². The van der Waals surface area contributed by atoms with Crippen molar-refractivity contribution in [2.75, 3.05) is 21.2 Å². The van der Waals surface area contributed by atoms with Crippen LogP contribution in [0.25, 0.3) is 0 Å². The van der Waals surface area contributed by atoms with E-state index in [1.54, 1.807) is 0 Å². The molecule has 2 unspecified atom stereocenters. The topological polar surface area (TPSA) is 32.8 Å². The summed E-state index contributed by atoms with van der Waals surface area (Å²) in [6, 6.07) is 18.7. The molecule has 2 aromatic carbocycles. The third-order valence-corrected chi connectivity index (χ3v) is 4.76. The number of hydrogen-bond donors (Lipinski definition) is 0. The predicted octanol–water partition coefficient (Wildman–Crippen LogP) is 3.44. The number of carbonyl (C=O) groups is 1. The molecular weight excluding hydrogens is 288 g/mol. The van der Waals surface area contributed by atoms with Crippen LogP contribution in [0.5, 0.6) is 0 Å². The van der Waals surface area contributed by atoms with Crippen molar-refractivity contribution < 1.29 is 9.53 Å². The Bertz CT molecular complexity index is 687. The standard InChI is InChI=1S/C19H22N2O2/c1-20-17(14-9-5-4-6-10-14)13-18(21(20)2)15-11-7-8-12-16(15)19(22)23-3/h4-12,17-18H,13H2,1-3H3. The molecule has 4 heteroatoms. The van der Waals surface area contributed by atoms with Gasteiger partial charge in [0.25, 0.3) is 0 Å². The van der Waals surface area contributed by atoms with Crippen molar-refractivity contribution in [3.05, 3.63) is 71.3 Å². The van der Waals surface area contributed by atoms with E-state index in [2.05, 4.69) is 48.4 Å². The molecule has 0 N–H and O–H groups in total. The van der Waals surface area contributed by atoms with E-state index in [1.165, 1.54) is 12.7 Å². The van der Waals surface area contributed by atoms with Gasteiger partial charge < -0.3 is 4.74 Å². The molecular formula is C19H22N2O2. The second-order valence-electron chi connectivity index (χ2n) is 5.90. The van der Waals surface area contributed by atoms with Gasteiger partial charge in [0.2, 0.25) is 0 Å². The molecule has 1 aliphatic rings. The second kappa shape index (κ2) is 6.52. The monoisotopic (exact) mass is 310 g/mol. The van der Waals surface area contributed by atoms with Crippen molar-refractivity contribution in [1.82, 2.24) is 10.0 Å². The summed E-state index contributed by atoms with van der Waals surface area (Å²) >= 11 is 0. The molecule has 1 aliphatic heterocycles. The lowest BCUT2D eigenvalue weighted by Gasteiger charge is -2.28. The van der Waals surface area contributed by atoms with E-state index >= 15 is 0 Å². The number of carbonyl (C=O) groups excluding carboxylic acids is 1. The van der Waals surface area contributed by atoms with Gasteiger partial charge in [-0.1, -0.05) is 48.5 Å². The molecule has 0 radical (unpaired) electrons. The Balaban J connectivity index is 1.95. The van der Waals surface area contributed by atoms with Crippen LogP contribution in [0.2, 0.25) is 0 Å². The minimum Gasteiger partial charge on any atom is -0.465 e. The molecule has 120 valence electrons. The first-order chi connectivity index (χ1) is 11.1. The Labute approximate surface area is 137 Å². The molecule has 0 aromatic heterocycles. The van der Waals surface area contributed by atoms with E-state index in [0.717, 1.165) is 12.0 Å². The minimum absolute atomic E-state index is 0.153. The van der Waals surface area contributed by atoms with Crippen LogP contribution in [0, 0.1) is 0 Å². The predicted molar refractivity (Wildman–Crippen MR) is 89.8 cm³/mol. The first-order valence-corrected chi connectivity index (χ1v) is 7.81. The lowest BCUT2D eigenvalue weighted by atomic mass is 9.94. The number of hydrogen-bond acceptors (Lipinski definition) is 4. The summed E-state index contributed by atoms with van der Waals surface area (Å²) in [5.41, 5.74) is 2.96. The molecule has 1 saturated heterocycles. The third-order valence-electron chi connectivity index (χ3n) is 4.76. The van der Waals surface area contributed by atoms with E-state index in [1.807, 2.05) is 30.3 Å². The van der Waals surface area contributed by atoms with E-state index in [-0.39, 0.29) is 12.0 Å². The Morgan fingerprint density at radius 2 is 1.57 bits per heavy atom. The lowest BCUT2D eigenvalue weighted by Crippen LogP contribution is -2.32. The summed E-state index contributed by atoms with van der Waals surface area (Å²) in [5.74, 6) is -0.278. The van der Waals surface area contributed by atoms with Crippen LogP contribution in [0.3, 0.4) is 0 Å². The Morgan fingerprint density at radius 1 is 0.957 bits per heavy atom. The summed E-state index contributed by atoms with van der Waals surface area (Å²) < 4.78 is 4.94. The van der Waals surface area contributed by atoms with Crippen LogP contribution >= 0.6 is 0 Å². The van der Waals surface area contributed by atoms with Crippen LogP contribution in [-0.4, -0.2) is 37.2 Å². The highest BCUT2D eigenvalue weighted by Crippen LogP contribution is 2.42. The van der Waals surface area contributed by atoms with Crippen LogP contribution in [0.1, 0.15) is 40.0 Å². The normalized spacial score (nSPS) is 22.2. The highest BCUT2D eigenvalue weighted by atomic mass is 16.5. The maximum atomic E-state index is 12.1. The van der Waals surface area contributed by atoms with Gasteiger partial charge >= 0.3 is 5.97 Å². The van der Waals surface area contributed by atoms with Crippen molar-refractivity contribution in [1.29, 1.82) is 0 Å². The summed E-state index contributed by atoms with van der Waals surface area (Å²) in [7, 11) is 5.59. The van der Waals surface area contributed by atoms with Gasteiger partial charge in [0, 0.05) is 14.1 Å². The van der Waals surface area contributed by atoms with Crippen molar-refractivity contribution in [2.45, 2.75) is 18.5 Å². The summed E-state index contributed by atoms with van der Waals surface area (Å²) in [6.45, 7) is 0. The van der Waals surface area contributed by atoms with Crippen LogP contribution in [0.15, 0.2) is 54.6 Å². The van der Waals surface area contributed by atoms with Gasteiger partial charge in [-0.05, 0) is 23.6 Å². The summed E-state index contributed by atoms with van der Waals surface area (Å²) in [6.07, 6.45) is 0.936. The molecule has 23 heavy (non-hydrogen) atoms. The number of esters is 1. The third kappa shape index (κ3) is 2.87. The largest absolute Gasteiger partial charge is 0.465 e. The quantitative estimate of drug-likeness (QED) is 0.813. The molecule has 4 nitrogen and oxygen atoms in total. The van der Waals surface area contributed by atoms with Crippen molar-refractivity contribution in [3.63, 3.8) is 0 Å². The second-order valence-corrected chi connectivity index (χ2v) is 5.90. The zero-order valence-electron chi connectivity index (χ0n) is 13.8. The van der Waals surface area contributed by atoms with Crippen LogP contribution < -0.4 is 0 Å². The Kier molecular flexibility index (Phi) is 4.46. The molecule has 1 fully saturated rings. The van der Waals surface area contributed by atoms with Crippen LogP contribution in [0.4, 0.5) is 0 Å². The Morgan fingerprint density at radius 3 is 2.26 bits per heavy atom. The SMILES string of the molecule is COC(=O)c1ccccc1C1CC(c2ccccc2)N(C)N1C. The number of ether oxygens (including phenoxy) is 1. The molecule has 0 saturated carbocycles. The first kappa shape index (κ1) is 15.7. The maximum absolute atomic E-state index is 12.1. The fourth-order valence-corrected chi connectivity index (χ4v) is 3.39. The number of rotatable bonds is 3. The van der Waals surface area contributed by atoms with Gasteiger partial charge in [-0.15, -0.1) is 0 Å². The van der Waals surface area contributed by atoms with Crippen molar-refractivity contribution in [3.8, 4) is 0 Å². The average Bonchev–Trinajstić information content (AvgIpc) is 2.90. The number of benzene rings is 2. The fourth-order valence-electron chi connectivity index (χ4n) is 3.39. The molecule has 0 spiro atoms. The zero-order valence-corrected chi connectivity index (χ0v) is 13.8. The molecule has 3 rings (SSSR count). The van der Waals surface area contributed by atoms with E-state index in [4.69, 9.17) is 4.74 Å². The molecule has 2 atom stereocenters. The zero-order chi connectivity index (χ0) is 16.4. The van der Waals surface area contributed by atoms with Gasteiger partial charge in [-0.2, -0.15) is 0 Å². The van der Waals surface area contributed by atoms with E-state index < -0.39 is 0 Å². The smallest absolute Gasteiger partial charge is 0.338 e. The number of hydrazine groups is 1. The molecule has 0 bridgehead atoms. The average molecular weight is 310 g/mol.